The highest BCUT2D eigenvalue weighted by molar-refractivity contribution is 5.60. The third kappa shape index (κ3) is 2.47. The van der Waals surface area contributed by atoms with Crippen LogP contribution in [0.2, 0.25) is 0 Å². The van der Waals surface area contributed by atoms with Gasteiger partial charge in [0, 0.05) is 32.5 Å². The van der Waals surface area contributed by atoms with Gasteiger partial charge in [-0.15, -0.1) is 5.10 Å². The highest BCUT2D eigenvalue weighted by Gasteiger charge is 2.49. The minimum absolute atomic E-state index is 0.0284. The van der Waals surface area contributed by atoms with Gasteiger partial charge in [-0.05, 0) is 34.7 Å². The maximum absolute atomic E-state index is 5.89. The van der Waals surface area contributed by atoms with Crippen LogP contribution in [0.25, 0.3) is 11.4 Å². The number of ether oxygens (including phenoxy) is 3. The van der Waals surface area contributed by atoms with Gasteiger partial charge in [-0.25, -0.2) is 4.68 Å². The lowest BCUT2D eigenvalue weighted by molar-refractivity contribution is -0.00906. The summed E-state index contributed by atoms with van der Waals surface area (Å²) in [6.45, 7) is 1.06. The fourth-order valence-electron chi connectivity index (χ4n) is 3.37. The smallest absolute Gasteiger partial charge is 0.182 e. The fourth-order valence-corrected chi connectivity index (χ4v) is 3.37. The average Bonchev–Trinajstić information content (AvgIpc) is 3.30. The number of rotatable bonds is 4. The van der Waals surface area contributed by atoms with Gasteiger partial charge in [0.05, 0.1) is 13.2 Å². The van der Waals surface area contributed by atoms with Crippen LogP contribution in [-0.4, -0.2) is 72.9 Å². The summed E-state index contributed by atoms with van der Waals surface area (Å²) < 4.78 is 19.0. The Balaban J connectivity index is 1.61. The molecule has 3 heterocycles. The zero-order valence-electron chi connectivity index (χ0n) is 14.0. The third-order valence-corrected chi connectivity index (χ3v) is 4.73. The molecule has 2 aliphatic rings. The third-order valence-electron chi connectivity index (χ3n) is 4.73. The minimum atomic E-state index is -0.0850. The molecule has 4 rings (SSSR count). The maximum Gasteiger partial charge on any atom is 0.182 e. The molecule has 8 nitrogen and oxygen atoms in total. The van der Waals surface area contributed by atoms with Crippen LogP contribution in [-0.2, 0) is 14.2 Å². The first-order valence-electron chi connectivity index (χ1n) is 8.00. The van der Waals surface area contributed by atoms with Gasteiger partial charge in [-0.3, -0.25) is 0 Å². The van der Waals surface area contributed by atoms with E-state index in [1.807, 2.05) is 30.9 Å². The van der Waals surface area contributed by atoms with Crippen LogP contribution in [0.1, 0.15) is 6.04 Å². The van der Waals surface area contributed by atoms with Gasteiger partial charge in [0.25, 0.3) is 0 Å². The molecule has 0 unspecified atom stereocenters. The van der Waals surface area contributed by atoms with Crippen LogP contribution < -0.4 is 4.90 Å². The van der Waals surface area contributed by atoms with Crippen molar-refractivity contribution in [3.63, 3.8) is 0 Å². The summed E-state index contributed by atoms with van der Waals surface area (Å²) in [6.07, 6.45) is -0.175. The van der Waals surface area contributed by atoms with Crippen molar-refractivity contribution in [3.8, 4) is 11.4 Å². The number of anilines is 1. The van der Waals surface area contributed by atoms with Crippen molar-refractivity contribution >= 4 is 5.69 Å². The van der Waals surface area contributed by atoms with Crippen LogP contribution >= 0.6 is 0 Å². The first-order chi connectivity index (χ1) is 11.7. The second-order valence-electron chi connectivity index (χ2n) is 6.33. The molecule has 0 radical (unpaired) electrons. The average molecular weight is 331 g/mol. The Bertz CT molecular complexity index is 702. The lowest BCUT2D eigenvalue weighted by Crippen LogP contribution is -2.31. The summed E-state index contributed by atoms with van der Waals surface area (Å²) >= 11 is 0. The molecular weight excluding hydrogens is 310 g/mol. The maximum atomic E-state index is 5.89. The highest BCUT2D eigenvalue weighted by Crippen LogP contribution is 2.36. The number of tetrazole rings is 1. The molecule has 2 aromatic rings. The molecule has 8 heteroatoms. The summed E-state index contributed by atoms with van der Waals surface area (Å²) in [4.78, 5) is 2.05. The first-order valence-corrected chi connectivity index (χ1v) is 8.00. The van der Waals surface area contributed by atoms with Crippen molar-refractivity contribution in [1.29, 1.82) is 0 Å². The Morgan fingerprint density at radius 2 is 1.88 bits per heavy atom. The van der Waals surface area contributed by atoms with E-state index < -0.39 is 0 Å². The highest BCUT2D eigenvalue weighted by atomic mass is 16.6. The van der Waals surface area contributed by atoms with Gasteiger partial charge in [-0.1, -0.05) is 0 Å². The van der Waals surface area contributed by atoms with E-state index in [2.05, 4.69) is 32.6 Å². The van der Waals surface area contributed by atoms with Crippen LogP contribution in [0.5, 0.6) is 0 Å². The van der Waals surface area contributed by atoms with Gasteiger partial charge >= 0.3 is 0 Å². The van der Waals surface area contributed by atoms with Crippen molar-refractivity contribution in [1.82, 2.24) is 20.2 Å². The molecule has 128 valence electrons. The van der Waals surface area contributed by atoms with Crippen LogP contribution in [0.15, 0.2) is 24.3 Å². The molecule has 0 aliphatic carbocycles. The van der Waals surface area contributed by atoms with Crippen LogP contribution in [0.3, 0.4) is 0 Å². The number of hydrogen-bond donors (Lipinski definition) is 0. The first kappa shape index (κ1) is 15.5. The van der Waals surface area contributed by atoms with E-state index in [1.165, 1.54) is 0 Å². The predicted molar refractivity (Wildman–Crippen MR) is 86.9 cm³/mol. The standard InChI is InChI=1S/C16H21N5O3/c1-20(2)11-6-4-10(5-7-11)16-17-18-19-21(16)12-8-23-15-13(22-3)9-24-14(12)15/h4-7,12-15H,8-9H2,1-3H3/t12-,13+,14+,15+/m0/s1. The van der Waals surface area contributed by atoms with Gasteiger partial charge in [0.2, 0.25) is 0 Å². The van der Waals surface area contributed by atoms with Crippen molar-refractivity contribution in [2.45, 2.75) is 24.4 Å². The Kier molecular flexibility index (Phi) is 3.95. The molecule has 2 saturated heterocycles. The molecule has 0 amide bonds. The number of nitrogens with zero attached hydrogens (tertiary/aromatic N) is 5. The number of aromatic nitrogens is 4. The summed E-state index contributed by atoms with van der Waals surface area (Å²) in [6, 6.07) is 8.11. The molecule has 2 aliphatic heterocycles. The van der Waals surface area contributed by atoms with Crippen LogP contribution in [0.4, 0.5) is 5.69 Å². The Morgan fingerprint density at radius 3 is 2.58 bits per heavy atom. The molecule has 1 aromatic carbocycles. The van der Waals surface area contributed by atoms with Crippen LogP contribution in [0, 0.1) is 0 Å². The van der Waals surface area contributed by atoms with Crippen molar-refractivity contribution < 1.29 is 14.2 Å². The lowest BCUT2D eigenvalue weighted by atomic mass is 10.1. The second-order valence-corrected chi connectivity index (χ2v) is 6.33. The second kappa shape index (κ2) is 6.12. The van der Waals surface area contributed by atoms with E-state index in [4.69, 9.17) is 14.2 Å². The zero-order chi connectivity index (χ0) is 16.7. The quantitative estimate of drug-likeness (QED) is 0.819. The van der Waals surface area contributed by atoms with E-state index in [0.717, 1.165) is 17.1 Å². The molecule has 4 atom stereocenters. The predicted octanol–water partition coefficient (Wildman–Crippen LogP) is 0.760. The molecular formula is C16H21N5O3. The summed E-state index contributed by atoms with van der Waals surface area (Å²) in [7, 11) is 5.71. The largest absolute Gasteiger partial charge is 0.378 e. The molecule has 0 spiro atoms. The van der Waals surface area contributed by atoms with E-state index in [-0.39, 0.29) is 24.4 Å². The van der Waals surface area contributed by atoms with Gasteiger partial charge in [-0.2, -0.15) is 0 Å². The summed E-state index contributed by atoms with van der Waals surface area (Å²) in [5.41, 5.74) is 2.10. The van der Waals surface area contributed by atoms with Crippen molar-refractivity contribution in [2.24, 2.45) is 0 Å². The molecule has 1 aromatic heterocycles. The monoisotopic (exact) mass is 331 g/mol. The van der Waals surface area contributed by atoms with E-state index in [9.17, 15) is 0 Å². The SMILES string of the molecule is CO[C@@H]1CO[C@H]2[C@@H]1OC[C@@H]2n1nnnc1-c1ccc(N(C)C)cc1. The van der Waals surface area contributed by atoms with Gasteiger partial charge < -0.3 is 19.1 Å². The molecule has 0 bridgehead atoms. The zero-order valence-corrected chi connectivity index (χ0v) is 14.0. The van der Waals surface area contributed by atoms with Crippen molar-refractivity contribution in [3.05, 3.63) is 24.3 Å². The summed E-state index contributed by atoms with van der Waals surface area (Å²) in [5, 5.41) is 12.3. The molecule has 0 saturated carbocycles. The van der Waals surface area contributed by atoms with E-state index >= 15 is 0 Å². The van der Waals surface area contributed by atoms with Gasteiger partial charge in [0.1, 0.15) is 24.4 Å². The number of benzene rings is 1. The minimum Gasteiger partial charge on any atom is -0.378 e. The topological polar surface area (TPSA) is 74.5 Å². The summed E-state index contributed by atoms with van der Waals surface area (Å²) in [5.74, 6) is 0.721. The fraction of sp³-hybridized carbons (Fsp3) is 0.562. The molecule has 2 fully saturated rings. The van der Waals surface area contributed by atoms with Crippen molar-refractivity contribution in [2.75, 3.05) is 39.3 Å². The number of methoxy groups -OCH3 is 1. The van der Waals surface area contributed by atoms with E-state index in [1.54, 1.807) is 7.11 Å². The van der Waals surface area contributed by atoms with E-state index in [0.29, 0.717) is 13.2 Å². The Labute approximate surface area is 140 Å². The normalized spacial score (nSPS) is 29.0. The van der Waals surface area contributed by atoms with Gasteiger partial charge in [0.15, 0.2) is 5.82 Å². The molecule has 0 N–H and O–H groups in total. The number of hydrogen-bond acceptors (Lipinski definition) is 7. The number of fused-ring (bicyclic) bond motifs is 1. The molecule has 24 heavy (non-hydrogen) atoms. The lowest BCUT2D eigenvalue weighted by Gasteiger charge is -2.17. The Hall–Kier alpha value is -2.03. The Morgan fingerprint density at radius 1 is 1.12 bits per heavy atom.